The van der Waals surface area contributed by atoms with Crippen LogP contribution >= 0.6 is 0 Å². The lowest BCUT2D eigenvalue weighted by Gasteiger charge is -2.25. The number of hydrogen-bond acceptors (Lipinski definition) is 7. The van der Waals surface area contributed by atoms with Crippen molar-refractivity contribution < 1.29 is 28.2 Å². The maximum absolute atomic E-state index is 13.7. The van der Waals surface area contributed by atoms with Gasteiger partial charge >= 0.3 is 0 Å². The van der Waals surface area contributed by atoms with E-state index in [1.165, 1.54) is 4.31 Å². The van der Waals surface area contributed by atoms with Crippen LogP contribution in [0.25, 0.3) is 10.9 Å². The van der Waals surface area contributed by atoms with Crippen LogP contribution in [0.2, 0.25) is 0 Å². The Morgan fingerprint density at radius 3 is 2.55 bits per heavy atom. The predicted molar refractivity (Wildman–Crippen MR) is 170 cm³/mol. The maximum atomic E-state index is 13.7. The molecule has 0 bridgehead atoms. The molecule has 2 aromatic carbocycles. The Kier molecular flexibility index (Phi) is 10.7. The van der Waals surface area contributed by atoms with Gasteiger partial charge in [-0.2, -0.15) is 0 Å². The van der Waals surface area contributed by atoms with Gasteiger partial charge in [0, 0.05) is 49.5 Å². The predicted octanol–water partition coefficient (Wildman–Crippen LogP) is 2.88. The summed E-state index contributed by atoms with van der Waals surface area (Å²) in [4.78, 5) is 26.6. The van der Waals surface area contributed by atoms with Gasteiger partial charge in [0.1, 0.15) is 0 Å². The number of carbonyl (C=O) groups is 2. The van der Waals surface area contributed by atoms with E-state index >= 15 is 0 Å². The molecule has 0 unspecified atom stereocenters. The van der Waals surface area contributed by atoms with E-state index in [1.54, 1.807) is 13.1 Å². The number of aliphatic hydroxyl groups excluding tert-OH is 1. The number of pyridine rings is 1. The second kappa shape index (κ2) is 14.5. The van der Waals surface area contributed by atoms with E-state index in [9.17, 15) is 18.3 Å². The zero-order valence-electron chi connectivity index (χ0n) is 25.1. The lowest BCUT2D eigenvalue weighted by molar-refractivity contribution is -0.122. The highest BCUT2D eigenvalue weighted by Gasteiger charge is 2.29. The van der Waals surface area contributed by atoms with Gasteiger partial charge in [-0.15, -0.1) is 0 Å². The molecule has 234 valence electrons. The molecular formula is C32H39N5O6S. The van der Waals surface area contributed by atoms with E-state index in [0.29, 0.717) is 37.2 Å². The number of aliphatic hydroxyl groups is 1. The minimum absolute atomic E-state index is 0.0128. The highest BCUT2D eigenvalue weighted by atomic mass is 32.2. The number of nitrogens with zero attached hydrogens (tertiary/aromatic N) is 3. The number of sulfonamides is 1. The lowest BCUT2D eigenvalue weighted by atomic mass is 10.00. The molecule has 4 aromatic rings. The van der Waals surface area contributed by atoms with Gasteiger partial charge in [-0.25, -0.2) is 8.42 Å². The van der Waals surface area contributed by atoms with E-state index in [1.807, 2.05) is 74.6 Å². The summed E-state index contributed by atoms with van der Waals surface area (Å²) in [6, 6.07) is 18.4. The van der Waals surface area contributed by atoms with Crippen LogP contribution in [0.1, 0.15) is 39.8 Å². The van der Waals surface area contributed by atoms with Crippen LogP contribution in [0.4, 0.5) is 5.69 Å². The Morgan fingerprint density at radius 2 is 1.86 bits per heavy atom. The van der Waals surface area contributed by atoms with Crippen molar-refractivity contribution in [2.24, 2.45) is 0 Å². The van der Waals surface area contributed by atoms with Crippen molar-refractivity contribution >= 4 is 39.0 Å². The quantitative estimate of drug-likeness (QED) is 0.197. The summed E-state index contributed by atoms with van der Waals surface area (Å²) in [6.07, 6.45) is 1.95. The van der Waals surface area contributed by atoms with Gasteiger partial charge < -0.3 is 25.4 Å². The van der Waals surface area contributed by atoms with Crippen LogP contribution in [0.3, 0.4) is 0 Å². The van der Waals surface area contributed by atoms with E-state index in [-0.39, 0.29) is 24.7 Å². The Morgan fingerprint density at radius 1 is 1.14 bits per heavy atom. The summed E-state index contributed by atoms with van der Waals surface area (Å²) in [6.45, 7) is 5.13. The van der Waals surface area contributed by atoms with Gasteiger partial charge in [0.2, 0.25) is 10.0 Å². The lowest BCUT2D eigenvalue weighted by Crippen LogP contribution is -2.48. The summed E-state index contributed by atoms with van der Waals surface area (Å²) < 4.78 is 29.2. The number of carboxylic acid groups (broad SMARTS) is 1. The van der Waals surface area contributed by atoms with Crippen molar-refractivity contribution in [3.05, 3.63) is 94.9 Å². The largest absolute Gasteiger partial charge is 0.483 e. The first-order valence-corrected chi connectivity index (χ1v) is 16.0. The van der Waals surface area contributed by atoms with Crippen molar-refractivity contribution in [1.82, 2.24) is 20.2 Å². The fraction of sp³-hybridized carbons (Fsp3) is 0.344. The fourth-order valence-electron chi connectivity index (χ4n) is 5.44. The summed E-state index contributed by atoms with van der Waals surface area (Å²) in [5, 5.41) is 25.3. The summed E-state index contributed by atoms with van der Waals surface area (Å²) in [5.74, 6) is -0.359. The Balaban J connectivity index is 0.00000141. The number of carbonyl (C=O) groups excluding carboxylic acids is 1. The van der Waals surface area contributed by atoms with Crippen LogP contribution < -0.4 is 14.9 Å². The third kappa shape index (κ3) is 7.62. The average Bonchev–Trinajstić information content (AvgIpc) is 3.33. The first-order chi connectivity index (χ1) is 21.1. The molecule has 1 aliphatic rings. The average molecular weight is 622 g/mol. The van der Waals surface area contributed by atoms with Crippen LogP contribution in [0.15, 0.2) is 66.9 Å². The van der Waals surface area contributed by atoms with Crippen molar-refractivity contribution in [2.45, 2.75) is 51.9 Å². The SMILES string of the molecule is CCn1cc2c3c(cc(C(=O)N[C@@H](Cc4ccccc4)[C@H](O)CNCc4cccc(C)n4)cc31)N(C)S(=O)(=O)CC2.O=CO. The summed E-state index contributed by atoms with van der Waals surface area (Å²) in [7, 11) is -1.98. The van der Waals surface area contributed by atoms with Gasteiger partial charge in [-0.1, -0.05) is 36.4 Å². The Labute approximate surface area is 257 Å². The molecule has 0 saturated carbocycles. The van der Waals surface area contributed by atoms with Crippen molar-refractivity contribution in [3.63, 3.8) is 0 Å². The van der Waals surface area contributed by atoms with Crippen LogP contribution in [-0.2, 0) is 40.7 Å². The van der Waals surface area contributed by atoms with E-state index in [2.05, 4.69) is 20.2 Å². The molecule has 0 fully saturated rings. The summed E-state index contributed by atoms with van der Waals surface area (Å²) >= 11 is 0. The molecule has 12 heteroatoms. The normalized spacial score (nSPS) is 15.0. The van der Waals surface area contributed by atoms with Gasteiger partial charge in [0.05, 0.1) is 34.8 Å². The van der Waals surface area contributed by atoms with Crippen LogP contribution in [0.5, 0.6) is 0 Å². The molecule has 0 spiro atoms. The molecule has 3 heterocycles. The molecular weight excluding hydrogens is 582 g/mol. The first-order valence-electron chi connectivity index (χ1n) is 14.4. The zero-order valence-corrected chi connectivity index (χ0v) is 25.9. The molecule has 1 amide bonds. The molecule has 2 atom stereocenters. The number of benzene rings is 2. The Hall–Kier alpha value is -4.26. The summed E-state index contributed by atoms with van der Waals surface area (Å²) in [5.41, 5.74) is 5.40. The number of aromatic nitrogens is 2. The van der Waals surface area contributed by atoms with Crippen molar-refractivity contribution in [2.75, 3.05) is 23.7 Å². The van der Waals surface area contributed by atoms with Gasteiger partial charge in [0.15, 0.2) is 0 Å². The molecule has 5 rings (SSSR count). The van der Waals surface area contributed by atoms with Gasteiger partial charge in [-0.05, 0) is 62.1 Å². The smallest absolute Gasteiger partial charge is 0.290 e. The number of amides is 1. The topological polar surface area (TPSA) is 154 Å². The van der Waals surface area contributed by atoms with Crippen LogP contribution in [-0.4, -0.2) is 72.1 Å². The third-order valence-corrected chi connectivity index (χ3v) is 9.46. The van der Waals surface area contributed by atoms with Crippen molar-refractivity contribution in [1.29, 1.82) is 0 Å². The minimum Gasteiger partial charge on any atom is -0.483 e. The first kappa shape index (κ1) is 32.6. The van der Waals surface area contributed by atoms with E-state index < -0.39 is 22.2 Å². The molecule has 44 heavy (non-hydrogen) atoms. The van der Waals surface area contributed by atoms with Gasteiger partial charge in [-0.3, -0.25) is 18.9 Å². The number of rotatable bonds is 10. The second-order valence-corrected chi connectivity index (χ2v) is 12.8. The molecule has 4 N–H and O–H groups in total. The number of anilines is 1. The zero-order chi connectivity index (χ0) is 31.9. The number of hydrogen-bond donors (Lipinski definition) is 4. The second-order valence-electron chi connectivity index (χ2n) is 10.7. The molecule has 11 nitrogen and oxygen atoms in total. The Bertz CT molecular complexity index is 1710. The highest BCUT2D eigenvalue weighted by Crippen LogP contribution is 2.37. The standard InChI is InChI=1S/C31H37N5O4S.CH2O2/c1-4-36-20-23-13-14-41(39,40)35(3)27-16-24(17-28(36)30(23)27)31(38)34-26(15-22-10-6-5-7-11-22)29(37)19-32-18-25-12-8-9-21(2)33-25;2-1-3/h5-12,16-17,20,26,29,32,37H,4,13-15,18-19H2,1-3H3,(H,34,38);1H,(H,2,3)/t26-,29+;/m0./s1. The van der Waals surface area contributed by atoms with E-state index in [4.69, 9.17) is 9.90 Å². The molecule has 0 radical (unpaired) electrons. The van der Waals surface area contributed by atoms with E-state index in [0.717, 1.165) is 33.4 Å². The fourth-order valence-corrected chi connectivity index (χ4v) is 6.63. The minimum atomic E-state index is -3.52. The number of aryl methyl sites for hydroxylation is 3. The third-order valence-electron chi connectivity index (χ3n) is 7.71. The van der Waals surface area contributed by atoms with Gasteiger partial charge in [0.25, 0.3) is 12.4 Å². The molecule has 2 aromatic heterocycles. The molecule has 0 saturated heterocycles. The highest BCUT2D eigenvalue weighted by molar-refractivity contribution is 7.92. The maximum Gasteiger partial charge on any atom is 0.290 e. The monoisotopic (exact) mass is 621 g/mol. The van der Waals surface area contributed by atoms with Crippen molar-refractivity contribution in [3.8, 4) is 0 Å². The number of nitrogens with one attached hydrogen (secondary N) is 2. The van der Waals surface area contributed by atoms with Crippen LogP contribution in [0, 0.1) is 6.92 Å². The molecule has 0 aliphatic carbocycles. The molecule has 1 aliphatic heterocycles.